The number of nitriles is 2. The molecule has 3 aromatic rings. The van der Waals surface area contributed by atoms with Crippen LogP contribution in [0, 0.1) is 56.0 Å². The Hall–Kier alpha value is -5.84. The lowest BCUT2D eigenvalue weighted by Gasteiger charge is -2.13. The maximum Gasteiger partial charge on any atom is 0.277 e. The van der Waals surface area contributed by atoms with Gasteiger partial charge in [0.05, 0.1) is 46.3 Å². The second-order valence-electron chi connectivity index (χ2n) is 8.09. The number of nitro groups is 2. The SMILES string of the molecule is [C-]#[N+]/C(C#N)=c1/c2c(/c(=C(\C#N)[N+]#[C-])c3c1-c1c(cccc1[N+](=O)[O-])C3)-c1c(cccc1[N+](=O)[O-])C2. The van der Waals surface area contributed by atoms with Crippen molar-refractivity contribution in [3.63, 3.8) is 0 Å². The highest BCUT2D eigenvalue weighted by Crippen LogP contribution is 2.45. The first-order chi connectivity index (χ1) is 17.4. The number of rotatable bonds is 2. The molecule has 168 valence electrons. The average molecular weight is 470 g/mol. The van der Waals surface area contributed by atoms with Crippen molar-refractivity contribution in [2.45, 2.75) is 12.8 Å². The second kappa shape index (κ2) is 7.88. The maximum absolute atomic E-state index is 11.9. The van der Waals surface area contributed by atoms with Gasteiger partial charge >= 0.3 is 0 Å². The lowest BCUT2D eigenvalue weighted by atomic mass is 9.89. The predicted octanol–water partition coefficient (Wildman–Crippen LogP) is 3.75. The van der Waals surface area contributed by atoms with E-state index in [9.17, 15) is 30.8 Å². The molecule has 0 saturated carbocycles. The third-order valence-corrected chi connectivity index (χ3v) is 6.50. The fourth-order valence-electron chi connectivity index (χ4n) is 5.29. The van der Waals surface area contributed by atoms with Crippen molar-refractivity contribution in [1.29, 1.82) is 10.5 Å². The normalized spacial score (nSPS) is 13.4. The Balaban J connectivity index is 2.17. The standard InChI is InChI=1S/C26H10N6O4/c1-29-17(11-27)23-15-9-13-5-3-8-20(32(35)36)22(13)26(15)24(18(12-28)30-2)16-10-14-6-4-7-19(31(33)34)21(14)25(16)23/h3-8H,9-10H2/b23-17-,24-18+. The van der Waals surface area contributed by atoms with Crippen molar-refractivity contribution in [3.05, 3.63) is 112 Å². The van der Waals surface area contributed by atoms with E-state index in [-0.39, 0.29) is 68.3 Å². The van der Waals surface area contributed by atoms with E-state index < -0.39 is 9.85 Å². The monoisotopic (exact) mass is 470 g/mol. The van der Waals surface area contributed by atoms with Crippen LogP contribution in [-0.2, 0) is 12.8 Å². The van der Waals surface area contributed by atoms with Gasteiger partial charge in [-0.05, 0) is 46.2 Å². The molecular weight excluding hydrogens is 460 g/mol. The Kier molecular flexibility index (Phi) is 4.81. The molecule has 2 aliphatic rings. The van der Waals surface area contributed by atoms with Crippen molar-refractivity contribution >= 4 is 22.8 Å². The molecular formula is C26H10N6O4. The Labute approximate surface area is 202 Å². The first-order valence-electron chi connectivity index (χ1n) is 10.4. The van der Waals surface area contributed by atoms with E-state index in [1.54, 1.807) is 12.1 Å². The van der Waals surface area contributed by atoms with Gasteiger partial charge in [0.1, 0.15) is 0 Å². The molecule has 0 radical (unpaired) electrons. The number of hydrogen-bond acceptors (Lipinski definition) is 6. The van der Waals surface area contributed by atoms with Gasteiger partial charge in [0, 0.05) is 22.6 Å². The highest BCUT2D eigenvalue weighted by molar-refractivity contribution is 5.96. The number of fused-ring (bicyclic) bond motifs is 6. The third kappa shape index (κ3) is 2.80. The van der Waals surface area contributed by atoms with Crippen LogP contribution < -0.4 is 10.4 Å². The quantitative estimate of drug-likeness (QED) is 0.218. The second-order valence-corrected chi connectivity index (χ2v) is 8.09. The summed E-state index contributed by atoms with van der Waals surface area (Å²) in [6.45, 7) is 15.3. The number of nitrogens with zero attached hydrogens (tertiary/aromatic N) is 6. The maximum atomic E-state index is 11.9. The van der Waals surface area contributed by atoms with E-state index in [0.717, 1.165) is 0 Å². The fourth-order valence-corrected chi connectivity index (χ4v) is 5.29. The van der Waals surface area contributed by atoms with E-state index >= 15 is 0 Å². The molecule has 10 heteroatoms. The van der Waals surface area contributed by atoms with Crippen LogP contribution in [0.1, 0.15) is 22.3 Å². The minimum atomic E-state index is -0.558. The first-order valence-corrected chi connectivity index (χ1v) is 10.4. The summed E-state index contributed by atoms with van der Waals surface area (Å²) in [6.07, 6.45) is 0.185. The van der Waals surface area contributed by atoms with Crippen LogP contribution in [0.25, 0.3) is 43.3 Å². The van der Waals surface area contributed by atoms with Crippen LogP contribution in [0.3, 0.4) is 0 Å². The highest BCUT2D eigenvalue weighted by atomic mass is 16.6. The molecule has 36 heavy (non-hydrogen) atoms. The Morgan fingerprint density at radius 3 is 1.44 bits per heavy atom. The molecule has 0 spiro atoms. The van der Waals surface area contributed by atoms with E-state index in [2.05, 4.69) is 9.69 Å². The lowest BCUT2D eigenvalue weighted by molar-refractivity contribution is -0.384. The molecule has 0 saturated heterocycles. The summed E-state index contributed by atoms with van der Waals surface area (Å²) in [5, 5.41) is 43.9. The Bertz CT molecular complexity index is 1720. The summed E-state index contributed by atoms with van der Waals surface area (Å²) in [5.41, 5.74) is 1.65. The van der Waals surface area contributed by atoms with Crippen molar-refractivity contribution in [2.24, 2.45) is 0 Å². The molecule has 10 nitrogen and oxygen atoms in total. The summed E-state index contributed by atoms with van der Waals surface area (Å²) in [6, 6.07) is 12.8. The molecule has 0 aliphatic heterocycles. The first kappa shape index (κ1) is 22.0. The van der Waals surface area contributed by atoms with Gasteiger partial charge in [-0.1, -0.05) is 24.3 Å². The molecule has 0 heterocycles. The summed E-state index contributed by atoms with van der Waals surface area (Å²) in [4.78, 5) is 29.5. The van der Waals surface area contributed by atoms with Gasteiger partial charge in [-0.25, -0.2) is 20.2 Å². The van der Waals surface area contributed by atoms with Crippen molar-refractivity contribution in [2.75, 3.05) is 0 Å². The Morgan fingerprint density at radius 2 is 1.14 bits per heavy atom. The van der Waals surface area contributed by atoms with Crippen molar-refractivity contribution < 1.29 is 9.85 Å². The van der Waals surface area contributed by atoms with E-state index in [0.29, 0.717) is 22.3 Å². The predicted molar refractivity (Wildman–Crippen MR) is 127 cm³/mol. The summed E-state index contributed by atoms with van der Waals surface area (Å²) in [5.74, 6) is 0. The smallest absolute Gasteiger partial charge is 0.258 e. The van der Waals surface area contributed by atoms with Crippen LogP contribution >= 0.6 is 0 Å². The molecule has 3 aromatic carbocycles. The molecule has 0 N–H and O–H groups in total. The minimum absolute atomic E-state index is 0.0926. The van der Waals surface area contributed by atoms with Gasteiger partial charge in [-0.3, -0.25) is 20.2 Å². The number of benzene rings is 3. The zero-order chi connectivity index (χ0) is 25.7. The zero-order valence-corrected chi connectivity index (χ0v) is 18.2. The molecule has 5 rings (SSSR count). The van der Waals surface area contributed by atoms with E-state index in [1.165, 1.54) is 24.3 Å². The Morgan fingerprint density at radius 1 is 0.750 bits per heavy atom. The molecule has 0 unspecified atom stereocenters. The molecule has 2 aliphatic carbocycles. The van der Waals surface area contributed by atoms with Gasteiger partial charge in [-0.2, -0.15) is 0 Å². The fraction of sp³-hybridized carbons (Fsp3) is 0.0769. The van der Waals surface area contributed by atoms with Crippen LogP contribution in [0.15, 0.2) is 36.4 Å². The largest absolute Gasteiger partial charge is 0.277 e. The summed E-state index contributed by atoms with van der Waals surface area (Å²) in [7, 11) is 0. The lowest BCUT2D eigenvalue weighted by Crippen LogP contribution is -2.26. The van der Waals surface area contributed by atoms with Crippen LogP contribution in [0.2, 0.25) is 0 Å². The number of hydrogen-bond donors (Lipinski definition) is 0. The van der Waals surface area contributed by atoms with E-state index in [4.69, 9.17) is 13.1 Å². The van der Waals surface area contributed by atoms with Crippen LogP contribution in [-0.4, -0.2) is 9.85 Å². The zero-order valence-electron chi connectivity index (χ0n) is 18.2. The molecule has 0 aromatic heterocycles. The van der Waals surface area contributed by atoms with Gasteiger partial charge in [-0.15, -0.1) is 0 Å². The van der Waals surface area contributed by atoms with Gasteiger partial charge in [0.15, 0.2) is 0 Å². The van der Waals surface area contributed by atoms with Crippen LogP contribution in [0.5, 0.6) is 0 Å². The molecule has 0 bridgehead atoms. The third-order valence-electron chi connectivity index (χ3n) is 6.50. The minimum Gasteiger partial charge on any atom is -0.258 e. The van der Waals surface area contributed by atoms with Crippen molar-refractivity contribution in [3.8, 4) is 34.4 Å². The average Bonchev–Trinajstić information content (AvgIpc) is 3.44. The highest BCUT2D eigenvalue weighted by Gasteiger charge is 2.37. The van der Waals surface area contributed by atoms with Crippen LogP contribution in [0.4, 0.5) is 11.4 Å². The topological polar surface area (TPSA) is 143 Å². The molecule has 0 atom stereocenters. The molecule has 0 amide bonds. The summed E-state index contributed by atoms with van der Waals surface area (Å²) >= 11 is 0. The van der Waals surface area contributed by atoms with Gasteiger partial charge < -0.3 is 0 Å². The van der Waals surface area contributed by atoms with E-state index in [1.807, 2.05) is 12.1 Å². The van der Waals surface area contributed by atoms with Crippen molar-refractivity contribution in [1.82, 2.24) is 0 Å². The van der Waals surface area contributed by atoms with Gasteiger partial charge in [0.25, 0.3) is 22.8 Å². The number of nitro benzene ring substituents is 2. The van der Waals surface area contributed by atoms with Gasteiger partial charge in [0.2, 0.25) is 0 Å². The molecule has 0 fully saturated rings. The summed E-state index contributed by atoms with van der Waals surface area (Å²) < 4.78 is 0.